The molecule has 0 bridgehead atoms. The first-order chi connectivity index (χ1) is 8.30. The van der Waals surface area contributed by atoms with Gasteiger partial charge in [-0.15, -0.1) is 0 Å². The zero-order valence-electron chi connectivity index (χ0n) is 9.83. The molecule has 18 heavy (non-hydrogen) atoms. The molecule has 3 N–H and O–H groups in total. The van der Waals surface area contributed by atoms with Crippen LogP contribution in [0.2, 0.25) is 0 Å². The second kappa shape index (κ2) is 6.14. The molecule has 1 aliphatic rings. The average molecular weight is 279 g/mol. The number of carbonyl (C=O) groups excluding carboxylic acids is 1. The monoisotopic (exact) mass is 279 g/mol. The molecule has 2 atom stereocenters. The van der Waals surface area contributed by atoms with E-state index >= 15 is 0 Å². The number of carbonyl (C=O) groups is 2. The van der Waals surface area contributed by atoms with E-state index in [1.165, 1.54) is 0 Å². The van der Waals surface area contributed by atoms with Crippen molar-refractivity contribution in [2.24, 2.45) is 5.92 Å². The van der Waals surface area contributed by atoms with Crippen molar-refractivity contribution >= 4 is 21.7 Å². The van der Waals surface area contributed by atoms with Crippen LogP contribution in [0.1, 0.15) is 19.3 Å². The third-order valence-corrected chi connectivity index (χ3v) is 4.66. The average Bonchev–Trinajstić information content (AvgIpc) is 2.57. The highest BCUT2D eigenvalue weighted by atomic mass is 32.2. The molecule has 1 rings (SSSR count). The molecule has 104 valence electrons. The zero-order valence-corrected chi connectivity index (χ0v) is 10.6. The Hall–Kier alpha value is -1.15. The standard InChI is InChI=1S/C10H17NO6S/c12-8(10(14)15)1-3-11-9(13)5-7-2-4-18(16,17)6-7/h7-8,12H,1-6H2,(H,11,13)(H,14,15)/t7?,8-/m0/s1. The van der Waals surface area contributed by atoms with Gasteiger partial charge in [0.15, 0.2) is 15.9 Å². The first-order valence-electron chi connectivity index (χ1n) is 5.68. The molecular weight excluding hydrogens is 262 g/mol. The van der Waals surface area contributed by atoms with Gasteiger partial charge in [0, 0.05) is 19.4 Å². The van der Waals surface area contributed by atoms with Crippen LogP contribution < -0.4 is 5.32 Å². The molecule has 0 aromatic heterocycles. The molecule has 0 aromatic rings. The van der Waals surface area contributed by atoms with Gasteiger partial charge in [-0.25, -0.2) is 13.2 Å². The molecule has 1 saturated heterocycles. The van der Waals surface area contributed by atoms with Crippen molar-refractivity contribution in [2.45, 2.75) is 25.4 Å². The molecular formula is C10H17NO6S. The van der Waals surface area contributed by atoms with Gasteiger partial charge in [-0.2, -0.15) is 0 Å². The Kier molecular flexibility index (Phi) is 5.09. The van der Waals surface area contributed by atoms with E-state index in [0.29, 0.717) is 6.42 Å². The molecule has 1 heterocycles. The van der Waals surface area contributed by atoms with E-state index in [4.69, 9.17) is 10.2 Å². The molecule has 0 aliphatic carbocycles. The van der Waals surface area contributed by atoms with Crippen LogP contribution in [0.25, 0.3) is 0 Å². The summed E-state index contributed by atoms with van der Waals surface area (Å²) >= 11 is 0. The molecule has 0 aromatic carbocycles. The van der Waals surface area contributed by atoms with Gasteiger partial charge < -0.3 is 15.5 Å². The van der Waals surface area contributed by atoms with Crippen LogP contribution >= 0.6 is 0 Å². The number of aliphatic carboxylic acids is 1. The molecule has 1 aliphatic heterocycles. The van der Waals surface area contributed by atoms with E-state index in [9.17, 15) is 18.0 Å². The number of aliphatic hydroxyl groups excluding tert-OH is 1. The van der Waals surface area contributed by atoms with Gasteiger partial charge in [0.2, 0.25) is 5.91 Å². The predicted octanol–water partition coefficient (Wildman–Crippen LogP) is -1.24. The van der Waals surface area contributed by atoms with Crippen molar-refractivity contribution in [1.29, 1.82) is 0 Å². The lowest BCUT2D eigenvalue weighted by Gasteiger charge is -2.09. The van der Waals surface area contributed by atoms with E-state index in [-0.39, 0.29) is 42.7 Å². The first-order valence-corrected chi connectivity index (χ1v) is 7.50. The molecule has 7 nitrogen and oxygen atoms in total. The minimum Gasteiger partial charge on any atom is -0.479 e. The quantitative estimate of drug-likeness (QED) is 0.559. The summed E-state index contributed by atoms with van der Waals surface area (Å²) in [6.45, 7) is 0.0613. The first kappa shape index (κ1) is 14.9. The Labute approximate surface area is 105 Å². The van der Waals surface area contributed by atoms with Crippen LogP contribution in [0.5, 0.6) is 0 Å². The van der Waals surface area contributed by atoms with Crippen molar-refractivity contribution in [2.75, 3.05) is 18.1 Å². The van der Waals surface area contributed by atoms with E-state index < -0.39 is 21.9 Å². The van der Waals surface area contributed by atoms with Crippen LogP contribution in [0, 0.1) is 5.92 Å². The summed E-state index contributed by atoms with van der Waals surface area (Å²) in [5.41, 5.74) is 0. The number of sulfone groups is 1. The van der Waals surface area contributed by atoms with Crippen molar-refractivity contribution in [1.82, 2.24) is 5.32 Å². The zero-order chi connectivity index (χ0) is 13.8. The maximum Gasteiger partial charge on any atom is 0.332 e. The Balaban J connectivity index is 2.21. The van der Waals surface area contributed by atoms with Crippen LogP contribution in [-0.4, -0.2) is 54.7 Å². The maximum atomic E-state index is 11.4. The van der Waals surface area contributed by atoms with E-state index in [1.807, 2.05) is 0 Å². The van der Waals surface area contributed by atoms with Crippen LogP contribution in [0.4, 0.5) is 0 Å². The summed E-state index contributed by atoms with van der Waals surface area (Å²) in [7, 11) is -2.98. The number of nitrogens with one attached hydrogen (secondary N) is 1. The van der Waals surface area contributed by atoms with Crippen LogP contribution in [-0.2, 0) is 19.4 Å². The fourth-order valence-corrected chi connectivity index (χ4v) is 3.70. The van der Waals surface area contributed by atoms with E-state index in [0.717, 1.165) is 0 Å². The Morgan fingerprint density at radius 2 is 2.06 bits per heavy atom. The van der Waals surface area contributed by atoms with Crippen molar-refractivity contribution in [3.05, 3.63) is 0 Å². The van der Waals surface area contributed by atoms with Crippen LogP contribution in [0.15, 0.2) is 0 Å². The maximum absolute atomic E-state index is 11.4. The van der Waals surface area contributed by atoms with Crippen molar-refractivity contribution in [3.8, 4) is 0 Å². The highest BCUT2D eigenvalue weighted by molar-refractivity contribution is 7.91. The van der Waals surface area contributed by atoms with Gasteiger partial charge in [-0.1, -0.05) is 0 Å². The smallest absolute Gasteiger partial charge is 0.332 e. The summed E-state index contributed by atoms with van der Waals surface area (Å²) in [5.74, 6) is -1.62. The van der Waals surface area contributed by atoms with Crippen molar-refractivity contribution < 1.29 is 28.2 Å². The highest BCUT2D eigenvalue weighted by Gasteiger charge is 2.29. The minimum absolute atomic E-state index is 0.0399. The fourth-order valence-electron chi connectivity index (χ4n) is 1.84. The molecule has 1 unspecified atom stereocenters. The van der Waals surface area contributed by atoms with Gasteiger partial charge in [-0.05, 0) is 12.3 Å². The third-order valence-electron chi connectivity index (χ3n) is 2.83. The molecule has 1 amide bonds. The van der Waals surface area contributed by atoms with Crippen molar-refractivity contribution in [3.63, 3.8) is 0 Å². The van der Waals surface area contributed by atoms with E-state index in [2.05, 4.69) is 5.32 Å². The van der Waals surface area contributed by atoms with Gasteiger partial charge >= 0.3 is 5.97 Å². The minimum atomic E-state index is -2.98. The summed E-state index contributed by atoms with van der Waals surface area (Å²) in [6, 6.07) is 0. The number of hydrogen-bond donors (Lipinski definition) is 3. The lowest BCUT2D eigenvalue weighted by Crippen LogP contribution is -2.31. The number of carboxylic acid groups (broad SMARTS) is 1. The molecule has 0 spiro atoms. The molecule has 8 heteroatoms. The van der Waals surface area contributed by atoms with Gasteiger partial charge in [0.1, 0.15) is 0 Å². The molecule has 1 fully saturated rings. The largest absolute Gasteiger partial charge is 0.479 e. The summed E-state index contributed by atoms with van der Waals surface area (Å²) in [6.07, 6.45) is -0.933. The van der Waals surface area contributed by atoms with Crippen LogP contribution in [0.3, 0.4) is 0 Å². The highest BCUT2D eigenvalue weighted by Crippen LogP contribution is 2.21. The normalized spacial score (nSPS) is 23.5. The predicted molar refractivity (Wildman–Crippen MR) is 62.6 cm³/mol. The fraction of sp³-hybridized carbons (Fsp3) is 0.800. The number of hydrogen-bond acceptors (Lipinski definition) is 5. The number of rotatable bonds is 6. The Morgan fingerprint density at radius 1 is 1.39 bits per heavy atom. The van der Waals surface area contributed by atoms with Gasteiger partial charge in [0.05, 0.1) is 11.5 Å². The van der Waals surface area contributed by atoms with E-state index in [1.54, 1.807) is 0 Å². The SMILES string of the molecule is O=C(CC1CCS(=O)(=O)C1)NCC[C@H](O)C(=O)O. The topological polar surface area (TPSA) is 121 Å². The van der Waals surface area contributed by atoms with Gasteiger partial charge in [0.25, 0.3) is 0 Å². The molecule has 0 saturated carbocycles. The number of carboxylic acids is 1. The lowest BCUT2D eigenvalue weighted by atomic mass is 10.1. The second-order valence-electron chi connectivity index (χ2n) is 4.47. The third kappa shape index (κ3) is 5.01. The Morgan fingerprint density at radius 3 is 2.56 bits per heavy atom. The lowest BCUT2D eigenvalue weighted by molar-refractivity contribution is -0.147. The number of aliphatic hydroxyl groups is 1. The summed E-state index contributed by atoms with van der Waals surface area (Å²) in [5, 5.41) is 19.8. The van der Waals surface area contributed by atoms with Gasteiger partial charge in [-0.3, -0.25) is 4.79 Å². The summed E-state index contributed by atoms with van der Waals surface area (Å²) in [4.78, 5) is 21.7. The summed E-state index contributed by atoms with van der Waals surface area (Å²) < 4.78 is 22.3. The molecule has 0 radical (unpaired) electrons. The Bertz CT molecular complexity index is 418. The number of amides is 1. The second-order valence-corrected chi connectivity index (χ2v) is 6.69.